The zero-order valence-electron chi connectivity index (χ0n) is 14.1. The number of rotatable bonds is 3. The highest BCUT2D eigenvalue weighted by Gasteiger charge is 2.49. The van der Waals surface area contributed by atoms with Gasteiger partial charge in [0.15, 0.2) is 9.84 Å². The number of hydrogen-bond donors (Lipinski definition) is 2. The predicted octanol–water partition coefficient (Wildman–Crippen LogP) is 2.61. The molecule has 2 N–H and O–H groups in total. The quantitative estimate of drug-likeness (QED) is 0.835. The van der Waals surface area contributed by atoms with E-state index in [2.05, 4.69) is 31.4 Å². The molecule has 0 aromatic heterocycles. The van der Waals surface area contributed by atoms with Gasteiger partial charge in [-0.05, 0) is 31.1 Å². The summed E-state index contributed by atoms with van der Waals surface area (Å²) in [7, 11) is -3.08. The Bertz CT molecular complexity index is 502. The molecule has 22 heavy (non-hydrogen) atoms. The van der Waals surface area contributed by atoms with Crippen LogP contribution in [0.5, 0.6) is 0 Å². The molecule has 2 fully saturated rings. The minimum absolute atomic E-state index is 0.0104. The molecule has 2 amide bonds. The summed E-state index contributed by atoms with van der Waals surface area (Å²) >= 11 is 0. The summed E-state index contributed by atoms with van der Waals surface area (Å²) < 4.78 is 24.8. The van der Waals surface area contributed by atoms with E-state index in [-0.39, 0.29) is 17.2 Å². The van der Waals surface area contributed by atoms with Gasteiger partial charge in [0.25, 0.3) is 0 Å². The molecule has 1 saturated carbocycles. The molecule has 1 aliphatic heterocycles. The standard InChI is InChI=1S/C16H30N2O3S/c1-15(2,3)12-17-14(19)18-16(9-5-4-6-10-16)13-8-7-11-22(13,20)21/h13H,4-12H2,1-3H3,(H2,17,18,19). The first-order chi connectivity index (χ1) is 10.1. The van der Waals surface area contributed by atoms with Crippen molar-refractivity contribution in [2.75, 3.05) is 12.3 Å². The van der Waals surface area contributed by atoms with E-state index in [1.54, 1.807) is 0 Å². The number of nitrogens with one attached hydrogen (secondary N) is 2. The van der Waals surface area contributed by atoms with Crippen LogP contribution in [0.1, 0.15) is 65.7 Å². The van der Waals surface area contributed by atoms with E-state index in [0.717, 1.165) is 38.5 Å². The summed E-state index contributed by atoms with van der Waals surface area (Å²) in [6.07, 6.45) is 6.07. The number of sulfone groups is 1. The van der Waals surface area contributed by atoms with Crippen LogP contribution in [-0.2, 0) is 9.84 Å². The van der Waals surface area contributed by atoms with Crippen LogP contribution in [0.3, 0.4) is 0 Å². The summed E-state index contributed by atoms with van der Waals surface area (Å²) in [5.74, 6) is 0.269. The maximum atomic E-state index is 12.4. The summed E-state index contributed by atoms with van der Waals surface area (Å²) in [6, 6.07) is -0.223. The van der Waals surface area contributed by atoms with Crippen LogP contribution in [0, 0.1) is 5.41 Å². The fourth-order valence-corrected chi connectivity index (χ4v) is 6.10. The van der Waals surface area contributed by atoms with Crippen LogP contribution in [0.15, 0.2) is 0 Å². The number of carbonyl (C=O) groups is 1. The number of carbonyl (C=O) groups excluding carboxylic acids is 1. The Kier molecular flexibility index (Phi) is 5.09. The number of amides is 2. The highest BCUT2D eigenvalue weighted by Crippen LogP contribution is 2.39. The highest BCUT2D eigenvalue weighted by atomic mass is 32.2. The SMILES string of the molecule is CC(C)(C)CNC(=O)NC1(C2CCCS2(=O)=O)CCCCC1. The van der Waals surface area contributed by atoms with Crippen molar-refractivity contribution in [1.29, 1.82) is 0 Å². The lowest BCUT2D eigenvalue weighted by molar-refractivity contribution is 0.193. The van der Waals surface area contributed by atoms with Crippen LogP contribution in [0.2, 0.25) is 0 Å². The van der Waals surface area contributed by atoms with Gasteiger partial charge in [-0.15, -0.1) is 0 Å². The second-order valence-corrected chi connectivity index (χ2v) is 10.4. The zero-order chi connectivity index (χ0) is 16.4. The van der Waals surface area contributed by atoms with E-state index in [1.165, 1.54) is 0 Å². The maximum Gasteiger partial charge on any atom is 0.315 e. The van der Waals surface area contributed by atoms with Crippen LogP contribution >= 0.6 is 0 Å². The third-order valence-corrected chi connectivity index (χ3v) is 7.24. The summed E-state index contributed by atoms with van der Waals surface area (Å²) in [4.78, 5) is 12.3. The predicted molar refractivity (Wildman–Crippen MR) is 88.6 cm³/mol. The normalized spacial score (nSPS) is 27.3. The molecule has 1 aliphatic carbocycles. The summed E-state index contributed by atoms with van der Waals surface area (Å²) in [5.41, 5.74) is -0.550. The van der Waals surface area contributed by atoms with Crippen molar-refractivity contribution in [2.45, 2.75) is 76.5 Å². The molecule has 2 aliphatic rings. The van der Waals surface area contributed by atoms with Crippen molar-refractivity contribution >= 4 is 15.9 Å². The Morgan fingerprint density at radius 1 is 1.14 bits per heavy atom. The first-order valence-corrected chi connectivity index (χ1v) is 10.1. The molecule has 1 saturated heterocycles. The summed E-state index contributed by atoms with van der Waals surface area (Å²) in [6.45, 7) is 6.76. The Morgan fingerprint density at radius 3 is 2.27 bits per heavy atom. The van der Waals surface area contributed by atoms with Crippen LogP contribution < -0.4 is 10.6 Å². The van der Waals surface area contributed by atoms with Gasteiger partial charge in [-0.3, -0.25) is 0 Å². The molecule has 0 aromatic carbocycles. The molecule has 0 bridgehead atoms. The lowest BCUT2D eigenvalue weighted by Gasteiger charge is -2.42. The summed E-state index contributed by atoms with van der Waals surface area (Å²) in [5, 5.41) is 5.57. The molecule has 0 spiro atoms. The molecular formula is C16H30N2O3S. The van der Waals surface area contributed by atoms with Crippen LogP contribution in [-0.4, -0.2) is 37.5 Å². The van der Waals surface area contributed by atoms with E-state index in [4.69, 9.17) is 0 Å². The number of hydrogen-bond acceptors (Lipinski definition) is 3. The lowest BCUT2D eigenvalue weighted by Crippen LogP contribution is -2.61. The molecule has 0 aromatic rings. The van der Waals surface area contributed by atoms with Gasteiger partial charge in [0.05, 0.1) is 16.5 Å². The topological polar surface area (TPSA) is 75.3 Å². The molecule has 0 radical (unpaired) electrons. The second-order valence-electron chi connectivity index (χ2n) is 8.08. The van der Waals surface area contributed by atoms with Gasteiger partial charge in [-0.1, -0.05) is 40.0 Å². The van der Waals surface area contributed by atoms with E-state index < -0.39 is 20.6 Å². The van der Waals surface area contributed by atoms with Gasteiger partial charge < -0.3 is 10.6 Å². The van der Waals surface area contributed by atoms with Gasteiger partial charge in [-0.2, -0.15) is 0 Å². The molecule has 1 unspecified atom stereocenters. The largest absolute Gasteiger partial charge is 0.338 e. The van der Waals surface area contributed by atoms with E-state index >= 15 is 0 Å². The average molecular weight is 330 g/mol. The fourth-order valence-electron chi connectivity index (χ4n) is 3.74. The monoisotopic (exact) mass is 330 g/mol. The third kappa shape index (κ3) is 4.15. The first-order valence-electron chi connectivity index (χ1n) is 8.42. The Hall–Kier alpha value is -0.780. The Labute approximate surface area is 134 Å². The van der Waals surface area contributed by atoms with Crippen molar-refractivity contribution in [3.05, 3.63) is 0 Å². The lowest BCUT2D eigenvalue weighted by atomic mass is 9.78. The molecule has 1 heterocycles. The van der Waals surface area contributed by atoms with E-state index in [0.29, 0.717) is 13.0 Å². The zero-order valence-corrected chi connectivity index (χ0v) is 14.9. The fraction of sp³-hybridized carbons (Fsp3) is 0.938. The highest BCUT2D eigenvalue weighted by molar-refractivity contribution is 7.92. The van der Waals surface area contributed by atoms with Gasteiger partial charge in [-0.25, -0.2) is 13.2 Å². The van der Waals surface area contributed by atoms with Gasteiger partial charge in [0.1, 0.15) is 0 Å². The Morgan fingerprint density at radius 2 is 1.77 bits per heavy atom. The van der Waals surface area contributed by atoms with Gasteiger partial charge in [0.2, 0.25) is 0 Å². The third-order valence-electron chi connectivity index (χ3n) is 4.83. The first kappa shape index (κ1) is 17.6. The van der Waals surface area contributed by atoms with Crippen molar-refractivity contribution in [3.8, 4) is 0 Å². The van der Waals surface area contributed by atoms with Crippen LogP contribution in [0.4, 0.5) is 4.79 Å². The van der Waals surface area contributed by atoms with Crippen molar-refractivity contribution in [3.63, 3.8) is 0 Å². The molecule has 1 atom stereocenters. The minimum Gasteiger partial charge on any atom is -0.338 e. The van der Waals surface area contributed by atoms with Crippen molar-refractivity contribution in [2.24, 2.45) is 5.41 Å². The minimum atomic E-state index is -3.08. The maximum absolute atomic E-state index is 12.4. The average Bonchev–Trinajstić information content (AvgIpc) is 2.77. The van der Waals surface area contributed by atoms with Crippen molar-refractivity contribution in [1.82, 2.24) is 10.6 Å². The molecule has 6 heteroatoms. The van der Waals surface area contributed by atoms with Gasteiger partial charge >= 0.3 is 6.03 Å². The number of urea groups is 1. The molecule has 5 nitrogen and oxygen atoms in total. The Balaban J connectivity index is 2.11. The van der Waals surface area contributed by atoms with E-state index in [1.807, 2.05) is 0 Å². The van der Waals surface area contributed by atoms with E-state index in [9.17, 15) is 13.2 Å². The molecular weight excluding hydrogens is 300 g/mol. The second kappa shape index (κ2) is 6.38. The van der Waals surface area contributed by atoms with Crippen LogP contribution in [0.25, 0.3) is 0 Å². The van der Waals surface area contributed by atoms with Gasteiger partial charge in [0, 0.05) is 6.54 Å². The molecule has 128 valence electrons. The van der Waals surface area contributed by atoms with Crippen molar-refractivity contribution < 1.29 is 13.2 Å². The smallest absolute Gasteiger partial charge is 0.315 e. The molecule has 2 rings (SSSR count).